The number of nitrogens with one attached hydrogen (secondary N) is 1. The van der Waals surface area contributed by atoms with Crippen LogP contribution in [-0.4, -0.2) is 59.9 Å². The fourth-order valence-electron chi connectivity index (χ4n) is 4.40. The monoisotopic (exact) mass is 462 g/mol. The number of aromatic nitrogens is 3. The standard InChI is InChI=1S/C25H27FN6O2/c1-33-21-8-5-17(13-22(21)34-2)19-14-29-32-24(27)23(16-3-6-18(26)7-4-16)20(30-25(19)32)15-31-11-9-28-10-12-31/h3-8,13-14,28H,9-12,15,27H2,1-2H3. The van der Waals surface area contributed by atoms with Crippen LogP contribution < -0.4 is 20.5 Å². The molecule has 1 aliphatic heterocycles. The van der Waals surface area contributed by atoms with Crippen LogP contribution in [-0.2, 0) is 6.54 Å². The van der Waals surface area contributed by atoms with E-state index in [0.29, 0.717) is 29.5 Å². The number of nitrogens with two attached hydrogens (primary N) is 1. The molecule has 0 saturated carbocycles. The summed E-state index contributed by atoms with van der Waals surface area (Å²) < 4.78 is 26.1. The summed E-state index contributed by atoms with van der Waals surface area (Å²) in [5, 5.41) is 7.92. The number of benzene rings is 2. The predicted molar refractivity (Wildman–Crippen MR) is 129 cm³/mol. The van der Waals surface area contributed by atoms with Crippen LogP contribution in [0.5, 0.6) is 11.5 Å². The summed E-state index contributed by atoms with van der Waals surface area (Å²) in [6.07, 6.45) is 1.75. The molecule has 3 N–H and O–H groups in total. The van der Waals surface area contributed by atoms with Crippen molar-refractivity contribution in [3.8, 4) is 33.8 Å². The van der Waals surface area contributed by atoms with Gasteiger partial charge in [0.1, 0.15) is 11.6 Å². The van der Waals surface area contributed by atoms with Gasteiger partial charge in [0.05, 0.1) is 26.1 Å². The maximum atomic E-state index is 13.6. The molecular formula is C25H27FN6O2. The van der Waals surface area contributed by atoms with E-state index in [9.17, 15) is 4.39 Å². The highest BCUT2D eigenvalue weighted by Crippen LogP contribution is 2.36. The van der Waals surface area contributed by atoms with Gasteiger partial charge in [0.25, 0.3) is 0 Å². The Morgan fingerprint density at radius 2 is 1.71 bits per heavy atom. The number of hydrogen-bond donors (Lipinski definition) is 2. The molecule has 9 heteroatoms. The van der Waals surface area contributed by atoms with E-state index in [4.69, 9.17) is 20.2 Å². The molecule has 0 spiro atoms. The topological polar surface area (TPSA) is 89.9 Å². The molecule has 3 heterocycles. The van der Waals surface area contributed by atoms with E-state index in [0.717, 1.165) is 54.1 Å². The number of nitrogen functional groups attached to an aromatic ring is 1. The van der Waals surface area contributed by atoms with Gasteiger partial charge < -0.3 is 20.5 Å². The summed E-state index contributed by atoms with van der Waals surface area (Å²) >= 11 is 0. The Hall–Kier alpha value is -3.69. The molecule has 34 heavy (non-hydrogen) atoms. The van der Waals surface area contributed by atoms with E-state index in [1.807, 2.05) is 18.2 Å². The summed E-state index contributed by atoms with van der Waals surface area (Å²) in [6.45, 7) is 4.31. The maximum absolute atomic E-state index is 13.6. The van der Waals surface area contributed by atoms with Crippen LogP contribution in [0.1, 0.15) is 5.69 Å². The number of rotatable bonds is 6. The molecule has 1 fully saturated rings. The summed E-state index contributed by atoms with van der Waals surface area (Å²) in [5.41, 5.74) is 11.5. The van der Waals surface area contributed by atoms with Gasteiger partial charge in [-0.25, -0.2) is 9.37 Å². The maximum Gasteiger partial charge on any atom is 0.165 e. The number of hydrogen-bond acceptors (Lipinski definition) is 7. The second-order valence-electron chi connectivity index (χ2n) is 8.22. The lowest BCUT2D eigenvalue weighted by molar-refractivity contribution is 0.231. The molecule has 0 atom stereocenters. The lowest BCUT2D eigenvalue weighted by Gasteiger charge is -2.28. The van der Waals surface area contributed by atoms with Crippen LogP contribution in [0.3, 0.4) is 0 Å². The molecule has 0 amide bonds. The van der Waals surface area contributed by atoms with Crippen LogP contribution in [0.2, 0.25) is 0 Å². The number of nitrogens with zero attached hydrogens (tertiary/aromatic N) is 4. The number of halogens is 1. The highest BCUT2D eigenvalue weighted by molar-refractivity contribution is 5.84. The number of piperazine rings is 1. The highest BCUT2D eigenvalue weighted by atomic mass is 19.1. The molecule has 2 aromatic heterocycles. The SMILES string of the molecule is COc1ccc(-c2cnn3c(N)c(-c4ccc(F)cc4)c(CN4CCNCC4)nc23)cc1OC. The predicted octanol–water partition coefficient (Wildman–Crippen LogP) is 3.21. The molecule has 5 rings (SSSR count). The van der Waals surface area contributed by atoms with E-state index in [-0.39, 0.29) is 5.82 Å². The first-order valence-corrected chi connectivity index (χ1v) is 11.2. The van der Waals surface area contributed by atoms with Crippen molar-refractivity contribution in [3.63, 3.8) is 0 Å². The fourth-order valence-corrected chi connectivity index (χ4v) is 4.40. The van der Waals surface area contributed by atoms with Crippen molar-refractivity contribution < 1.29 is 13.9 Å². The minimum Gasteiger partial charge on any atom is -0.493 e. The van der Waals surface area contributed by atoms with E-state index in [2.05, 4.69) is 15.3 Å². The van der Waals surface area contributed by atoms with Gasteiger partial charge in [-0.1, -0.05) is 18.2 Å². The second-order valence-corrected chi connectivity index (χ2v) is 8.22. The molecule has 176 valence electrons. The van der Waals surface area contributed by atoms with Crippen LogP contribution in [0.4, 0.5) is 10.2 Å². The van der Waals surface area contributed by atoms with Crippen molar-refractivity contribution >= 4 is 11.5 Å². The van der Waals surface area contributed by atoms with Crippen molar-refractivity contribution in [3.05, 3.63) is 60.2 Å². The van der Waals surface area contributed by atoms with Gasteiger partial charge in [-0.2, -0.15) is 9.61 Å². The van der Waals surface area contributed by atoms with Gasteiger partial charge in [0.2, 0.25) is 0 Å². The summed E-state index contributed by atoms with van der Waals surface area (Å²) in [6, 6.07) is 12.0. The zero-order valence-electron chi connectivity index (χ0n) is 19.2. The van der Waals surface area contributed by atoms with E-state index in [1.54, 1.807) is 37.1 Å². The Balaban J connectivity index is 1.67. The van der Waals surface area contributed by atoms with Gasteiger partial charge in [0.15, 0.2) is 17.1 Å². The molecule has 8 nitrogen and oxygen atoms in total. The normalized spacial score (nSPS) is 14.4. The third-order valence-electron chi connectivity index (χ3n) is 6.17. The van der Waals surface area contributed by atoms with E-state index in [1.165, 1.54) is 12.1 Å². The largest absolute Gasteiger partial charge is 0.493 e. The van der Waals surface area contributed by atoms with Crippen LogP contribution >= 0.6 is 0 Å². The van der Waals surface area contributed by atoms with Gasteiger partial charge in [0, 0.05) is 43.9 Å². The molecule has 4 aromatic rings. The first kappa shape index (κ1) is 22.1. The minimum absolute atomic E-state index is 0.296. The highest BCUT2D eigenvalue weighted by Gasteiger charge is 2.22. The Labute approximate surface area is 197 Å². The van der Waals surface area contributed by atoms with Gasteiger partial charge in [-0.15, -0.1) is 0 Å². The third kappa shape index (κ3) is 4.04. The van der Waals surface area contributed by atoms with Gasteiger partial charge in [-0.3, -0.25) is 4.90 Å². The Bertz CT molecular complexity index is 1320. The summed E-state index contributed by atoms with van der Waals surface area (Å²) in [5.74, 6) is 1.44. The van der Waals surface area contributed by atoms with Gasteiger partial charge >= 0.3 is 0 Å². The molecule has 0 radical (unpaired) electrons. The molecule has 0 unspecified atom stereocenters. The molecule has 1 saturated heterocycles. The van der Waals surface area contributed by atoms with Gasteiger partial charge in [-0.05, 0) is 35.4 Å². The first-order valence-electron chi connectivity index (χ1n) is 11.2. The van der Waals surface area contributed by atoms with Crippen molar-refractivity contribution in [2.75, 3.05) is 46.1 Å². The Kier molecular flexibility index (Phi) is 6.04. The Morgan fingerprint density at radius 1 is 1.00 bits per heavy atom. The second kappa shape index (κ2) is 9.28. The number of ether oxygens (including phenoxy) is 2. The molecular weight excluding hydrogens is 435 g/mol. The van der Waals surface area contributed by atoms with Crippen molar-refractivity contribution in [2.45, 2.75) is 6.54 Å². The molecule has 1 aliphatic rings. The van der Waals surface area contributed by atoms with Crippen molar-refractivity contribution in [1.29, 1.82) is 0 Å². The zero-order chi connectivity index (χ0) is 23.7. The number of methoxy groups -OCH3 is 2. The van der Waals surface area contributed by atoms with E-state index < -0.39 is 0 Å². The summed E-state index contributed by atoms with van der Waals surface area (Å²) in [4.78, 5) is 7.40. The third-order valence-corrected chi connectivity index (χ3v) is 6.17. The summed E-state index contributed by atoms with van der Waals surface area (Å²) in [7, 11) is 3.21. The minimum atomic E-state index is -0.296. The first-order chi connectivity index (χ1) is 16.6. The zero-order valence-corrected chi connectivity index (χ0v) is 19.2. The van der Waals surface area contributed by atoms with Crippen LogP contribution in [0, 0.1) is 5.82 Å². The average Bonchev–Trinajstić information content (AvgIpc) is 3.29. The lowest BCUT2D eigenvalue weighted by Crippen LogP contribution is -2.43. The van der Waals surface area contributed by atoms with Crippen molar-refractivity contribution in [1.82, 2.24) is 24.8 Å². The average molecular weight is 463 g/mol. The van der Waals surface area contributed by atoms with Crippen LogP contribution in [0.25, 0.3) is 27.9 Å². The smallest absolute Gasteiger partial charge is 0.165 e. The van der Waals surface area contributed by atoms with E-state index >= 15 is 0 Å². The van der Waals surface area contributed by atoms with Crippen molar-refractivity contribution in [2.24, 2.45) is 0 Å². The lowest BCUT2D eigenvalue weighted by atomic mass is 10.0. The molecule has 0 bridgehead atoms. The van der Waals surface area contributed by atoms with Crippen LogP contribution in [0.15, 0.2) is 48.7 Å². The number of fused-ring (bicyclic) bond motifs is 1. The fraction of sp³-hybridized carbons (Fsp3) is 0.280. The molecule has 0 aliphatic carbocycles. The quantitative estimate of drug-likeness (QED) is 0.455. The Morgan fingerprint density at radius 3 is 2.41 bits per heavy atom. The molecule has 2 aromatic carbocycles. The number of anilines is 1.